The van der Waals surface area contributed by atoms with E-state index >= 15 is 0 Å². The number of ketones is 1. The van der Waals surface area contributed by atoms with Crippen molar-refractivity contribution in [3.05, 3.63) is 82.9 Å². The zero-order valence-electron chi connectivity index (χ0n) is 18.3. The molecule has 5 rings (SSSR count). The fourth-order valence-corrected chi connectivity index (χ4v) is 5.13. The maximum atomic E-state index is 13.4. The lowest BCUT2D eigenvalue weighted by atomic mass is 9.68. The summed E-state index contributed by atoms with van der Waals surface area (Å²) in [4.78, 5) is 13.4. The number of benzene rings is 3. The molecule has 0 radical (unpaired) electrons. The van der Waals surface area contributed by atoms with Crippen LogP contribution in [0.25, 0.3) is 16.3 Å². The first-order valence-corrected chi connectivity index (χ1v) is 11.0. The van der Waals surface area contributed by atoms with E-state index < -0.39 is 0 Å². The van der Waals surface area contributed by atoms with Gasteiger partial charge in [-0.1, -0.05) is 88.4 Å². The van der Waals surface area contributed by atoms with Crippen molar-refractivity contribution >= 4 is 27.8 Å². The molecule has 0 saturated heterocycles. The highest BCUT2D eigenvalue weighted by molar-refractivity contribution is 6.12. The van der Waals surface area contributed by atoms with Crippen LogP contribution >= 0.6 is 0 Å². The summed E-state index contributed by atoms with van der Waals surface area (Å²) in [6.07, 6.45) is 1.54. The van der Waals surface area contributed by atoms with E-state index in [-0.39, 0.29) is 17.2 Å². The van der Waals surface area contributed by atoms with Gasteiger partial charge in [0.05, 0.1) is 11.7 Å². The Labute approximate surface area is 179 Å². The predicted octanol–water partition coefficient (Wildman–Crippen LogP) is 7.27. The number of allylic oxidation sites excluding steroid dienone is 1. The molecule has 3 aromatic rings. The molecule has 0 fully saturated rings. The highest BCUT2D eigenvalue weighted by Crippen LogP contribution is 2.51. The van der Waals surface area contributed by atoms with E-state index in [2.05, 4.69) is 93.7 Å². The Kier molecular flexibility index (Phi) is 4.36. The van der Waals surface area contributed by atoms with E-state index in [4.69, 9.17) is 0 Å². The van der Waals surface area contributed by atoms with Gasteiger partial charge in [0.15, 0.2) is 5.78 Å². The van der Waals surface area contributed by atoms with Crippen molar-refractivity contribution in [1.29, 1.82) is 0 Å². The van der Waals surface area contributed by atoms with Crippen molar-refractivity contribution in [1.82, 2.24) is 0 Å². The van der Waals surface area contributed by atoms with E-state index in [1.807, 2.05) is 0 Å². The summed E-state index contributed by atoms with van der Waals surface area (Å²) >= 11 is 0. The van der Waals surface area contributed by atoms with Gasteiger partial charge >= 0.3 is 0 Å². The fraction of sp³-hybridized carbons (Fsp3) is 0.321. The van der Waals surface area contributed by atoms with Crippen molar-refractivity contribution in [2.24, 2.45) is 5.41 Å². The van der Waals surface area contributed by atoms with Gasteiger partial charge in [0.2, 0.25) is 0 Å². The Balaban J connectivity index is 1.73. The molecule has 2 nitrogen and oxygen atoms in total. The summed E-state index contributed by atoms with van der Waals surface area (Å²) in [5.74, 6) is 0.778. The molecular weight excluding hydrogens is 366 g/mol. The third kappa shape index (κ3) is 3.06. The van der Waals surface area contributed by atoms with Gasteiger partial charge in [0.25, 0.3) is 0 Å². The van der Waals surface area contributed by atoms with Crippen LogP contribution in [0.5, 0.6) is 0 Å². The van der Waals surface area contributed by atoms with Gasteiger partial charge < -0.3 is 5.32 Å². The second kappa shape index (κ2) is 6.84. The molecule has 2 aliphatic rings. The molecule has 3 aromatic carbocycles. The highest BCUT2D eigenvalue weighted by Gasteiger charge is 2.40. The second-order valence-corrected chi connectivity index (χ2v) is 9.94. The van der Waals surface area contributed by atoms with Gasteiger partial charge in [-0.25, -0.2) is 0 Å². The number of fused-ring (bicyclic) bond motifs is 4. The number of nitrogens with one attached hydrogen (secondary N) is 1. The van der Waals surface area contributed by atoms with Gasteiger partial charge in [0, 0.05) is 22.9 Å². The molecule has 30 heavy (non-hydrogen) atoms. The Morgan fingerprint density at radius 2 is 1.67 bits per heavy atom. The van der Waals surface area contributed by atoms with Crippen LogP contribution in [0.2, 0.25) is 0 Å². The Morgan fingerprint density at radius 1 is 0.933 bits per heavy atom. The lowest BCUT2D eigenvalue weighted by Gasteiger charge is -2.40. The van der Waals surface area contributed by atoms with Crippen molar-refractivity contribution in [3.63, 3.8) is 0 Å². The van der Waals surface area contributed by atoms with Gasteiger partial charge in [-0.3, -0.25) is 4.79 Å². The average molecular weight is 396 g/mol. The summed E-state index contributed by atoms with van der Waals surface area (Å²) in [5, 5.41) is 6.23. The van der Waals surface area contributed by atoms with E-state index in [1.165, 1.54) is 33.0 Å². The first-order chi connectivity index (χ1) is 14.3. The topological polar surface area (TPSA) is 29.1 Å². The van der Waals surface area contributed by atoms with E-state index in [0.717, 1.165) is 17.7 Å². The van der Waals surface area contributed by atoms with Crippen LogP contribution in [-0.4, -0.2) is 5.78 Å². The van der Waals surface area contributed by atoms with Gasteiger partial charge in [-0.05, 0) is 39.8 Å². The number of anilines is 1. The molecule has 1 aliphatic carbocycles. The number of carbonyl (C=O) groups excluding carboxylic acids is 1. The van der Waals surface area contributed by atoms with Crippen LogP contribution in [0.3, 0.4) is 0 Å². The predicted molar refractivity (Wildman–Crippen MR) is 126 cm³/mol. The third-order valence-corrected chi connectivity index (χ3v) is 6.69. The molecule has 152 valence electrons. The van der Waals surface area contributed by atoms with E-state index in [9.17, 15) is 4.79 Å². The minimum atomic E-state index is -0.0943. The van der Waals surface area contributed by atoms with E-state index in [0.29, 0.717) is 12.3 Å². The molecule has 0 amide bonds. The first kappa shape index (κ1) is 19.1. The largest absolute Gasteiger partial charge is 0.373 e. The maximum absolute atomic E-state index is 13.4. The Bertz CT molecular complexity index is 1180. The number of hydrogen-bond donors (Lipinski definition) is 1. The van der Waals surface area contributed by atoms with Gasteiger partial charge in [-0.2, -0.15) is 0 Å². The van der Waals surface area contributed by atoms with Crippen molar-refractivity contribution in [2.75, 3.05) is 5.32 Å². The lowest BCUT2D eigenvalue weighted by Crippen LogP contribution is -2.33. The van der Waals surface area contributed by atoms with Crippen LogP contribution in [0.1, 0.15) is 69.2 Å². The molecule has 1 unspecified atom stereocenters. The minimum Gasteiger partial charge on any atom is -0.373 e. The quantitative estimate of drug-likeness (QED) is 0.494. The normalized spacial score (nSPS) is 20.2. The molecular formula is C28H29NO. The van der Waals surface area contributed by atoms with E-state index in [1.54, 1.807) is 0 Å². The van der Waals surface area contributed by atoms with Crippen molar-refractivity contribution in [3.8, 4) is 0 Å². The summed E-state index contributed by atoms with van der Waals surface area (Å²) < 4.78 is 0. The average Bonchev–Trinajstić information content (AvgIpc) is 2.72. The number of carbonyl (C=O) groups is 1. The zero-order valence-corrected chi connectivity index (χ0v) is 18.3. The van der Waals surface area contributed by atoms with Crippen LogP contribution in [-0.2, 0) is 4.79 Å². The van der Waals surface area contributed by atoms with Crippen molar-refractivity contribution in [2.45, 2.75) is 52.5 Å². The smallest absolute Gasteiger partial charge is 0.162 e. The van der Waals surface area contributed by atoms with Gasteiger partial charge in [0.1, 0.15) is 0 Å². The zero-order chi connectivity index (χ0) is 21.0. The molecule has 1 heterocycles. The monoisotopic (exact) mass is 395 g/mol. The Hall–Kier alpha value is -2.87. The lowest BCUT2D eigenvalue weighted by molar-refractivity contribution is -0.118. The SMILES string of the molecule is CC(C)c1ccc(C2Nc3c(ccc4ccccc34)C3=C2C(=O)CC(C)(C)C3)cc1. The summed E-state index contributed by atoms with van der Waals surface area (Å²) in [5.41, 5.74) is 7.03. The molecule has 1 N–H and O–H groups in total. The molecule has 0 aromatic heterocycles. The molecule has 1 aliphatic heterocycles. The molecule has 0 bridgehead atoms. The van der Waals surface area contributed by atoms with Crippen LogP contribution in [0.4, 0.5) is 5.69 Å². The van der Waals surface area contributed by atoms with Crippen LogP contribution < -0.4 is 5.32 Å². The van der Waals surface area contributed by atoms with Crippen LogP contribution in [0.15, 0.2) is 66.2 Å². The third-order valence-electron chi connectivity index (χ3n) is 6.69. The number of Topliss-reactive ketones (excluding diaryl/α,β-unsaturated/α-hetero) is 1. The Morgan fingerprint density at radius 3 is 2.40 bits per heavy atom. The minimum absolute atomic E-state index is 0.0117. The van der Waals surface area contributed by atoms with Gasteiger partial charge in [-0.15, -0.1) is 0 Å². The molecule has 2 heteroatoms. The summed E-state index contributed by atoms with van der Waals surface area (Å²) in [6, 6.07) is 21.6. The number of rotatable bonds is 2. The molecule has 0 spiro atoms. The number of hydrogen-bond acceptors (Lipinski definition) is 2. The second-order valence-electron chi connectivity index (χ2n) is 9.94. The highest BCUT2D eigenvalue weighted by atomic mass is 16.1. The first-order valence-electron chi connectivity index (χ1n) is 11.0. The summed E-state index contributed by atoms with van der Waals surface area (Å²) in [6.45, 7) is 8.85. The summed E-state index contributed by atoms with van der Waals surface area (Å²) in [7, 11) is 0. The van der Waals surface area contributed by atoms with Crippen molar-refractivity contribution < 1.29 is 4.79 Å². The van der Waals surface area contributed by atoms with Crippen LogP contribution in [0, 0.1) is 5.41 Å². The molecule has 0 saturated carbocycles. The standard InChI is InChI=1S/C28H29NO/c1-17(2)18-9-11-20(12-10-18)26-25-23(15-28(3,4)16-24(25)30)22-14-13-19-7-5-6-8-21(19)27(22)29-26/h5-14,17,26,29H,15-16H2,1-4H3. The fourth-order valence-electron chi connectivity index (χ4n) is 5.13. The molecule has 1 atom stereocenters. The maximum Gasteiger partial charge on any atom is 0.162 e.